The average Bonchev–Trinajstić information content (AvgIpc) is 3.49. The lowest BCUT2D eigenvalue weighted by Crippen LogP contribution is -2.66. The molecule has 6 fully saturated rings. The van der Waals surface area contributed by atoms with Crippen molar-refractivity contribution in [1.82, 2.24) is 10.6 Å². The number of carboxylic acid groups (broad SMARTS) is 1. The molecule has 0 unspecified atom stereocenters. The van der Waals surface area contributed by atoms with Crippen molar-refractivity contribution in [2.75, 3.05) is 6.54 Å². The summed E-state index contributed by atoms with van der Waals surface area (Å²) in [5, 5.41) is 16.9. The third-order valence-corrected chi connectivity index (χ3v) is 20.3. The second-order valence-corrected chi connectivity index (χ2v) is 24.5. The number of hydrogen-bond donors (Lipinski definition) is 3. The maximum atomic E-state index is 14.6. The monoisotopic (exact) mass is 887 g/mol. The van der Waals surface area contributed by atoms with E-state index in [0.717, 1.165) is 89.0 Å². The normalized spacial score (nSPS) is 38.6. The highest BCUT2D eigenvalue weighted by Gasteiger charge is 2.70. The molecule has 0 bridgehead atoms. The Labute approximate surface area is 381 Å². The largest absolute Gasteiger partial charge is 0.481 e. The van der Waals surface area contributed by atoms with Crippen LogP contribution in [0.2, 0.25) is 5.02 Å². The van der Waals surface area contributed by atoms with E-state index in [2.05, 4.69) is 59.1 Å². The second kappa shape index (κ2) is 16.0. The molecule has 7 aliphatic rings. The minimum Gasteiger partial charge on any atom is -0.481 e. The van der Waals surface area contributed by atoms with Gasteiger partial charge in [0.25, 0.3) is 5.91 Å². The van der Waals surface area contributed by atoms with Gasteiger partial charge in [-0.3, -0.25) is 24.0 Å². The number of hydrogen-bond acceptors (Lipinski definition) is 6. The third kappa shape index (κ3) is 7.34. The number of esters is 1. The number of Topliss-reactive ketones (excluding diaryl/α,β-unsaturated/α-hetero) is 1. The number of benzene rings is 1. The van der Waals surface area contributed by atoms with Crippen molar-refractivity contribution < 1.29 is 33.8 Å². The quantitative estimate of drug-likeness (QED) is 0.199. The van der Waals surface area contributed by atoms with Gasteiger partial charge in [-0.2, -0.15) is 0 Å². The van der Waals surface area contributed by atoms with Crippen LogP contribution in [0.1, 0.15) is 175 Å². The molecule has 10 heteroatoms. The molecular formula is C53H75ClN2O7. The van der Waals surface area contributed by atoms with E-state index in [4.69, 9.17) is 16.3 Å². The summed E-state index contributed by atoms with van der Waals surface area (Å²) in [6.07, 6.45) is 13.3. The van der Waals surface area contributed by atoms with Crippen LogP contribution >= 0.6 is 11.6 Å². The van der Waals surface area contributed by atoms with E-state index in [-0.39, 0.29) is 63.2 Å². The van der Waals surface area contributed by atoms with Gasteiger partial charge in [0.05, 0.1) is 17.4 Å². The number of allylic oxidation sites excluding steroid dienone is 2. The smallest absolute Gasteiger partial charge is 0.309 e. The molecule has 7 aliphatic carbocycles. The van der Waals surface area contributed by atoms with Crippen LogP contribution in [-0.4, -0.2) is 52.8 Å². The lowest BCUT2D eigenvalue weighted by Gasteiger charge is -2.72. The summed E-state index contributed by atoms with van der Waals surface area (Å²) >= 11 is 6.09. The first kappa shape index (κ1) is 46.3. The van der Waals surface area contributed by atoms with Gasteiger partial charge in [0.15, 0.2) is 5.78 Å². The Morgan fingerprint density at radius 3 is 2.11 bits per heavy atom. The Bertz CT molecular complexity index is 2070. The predicted molar refractivity (Wildman–Crippen MR) is 245 cm³/mol. The van der Waals surface area contributed by atoms with E-state index < -0.39 is 34.2 Å². The Morgan fingerprint density at radius 2 is 1.48 bits per heavy atom. The Hall–Kier alpha value is -3.20. The Kier molecular flexibility index (Phi) is 11.8. The SMILES string of the molecule is CC(C)C1=C2[C@H]3CC[C@@H]4[C@@]5(C)CC[C@H](OC(=O)[C@H]6C[C@@H](C(=O)O)C6(C)C)C(C)(C)[C@@H]5CC[C@@]4(C)[C@]3(C)CC[C@@]2(CC(=O)NC2(CNC(=O)c3ccc(Cl)cc3)CCCCC2)CC1=O. The van der Waals surface area contributed by atoms with Gasteiger partial charge in [-0.1, -0.05) is 98.8 Å². The number of carbonyl (C=O) groups is 5. The molecule has 0 aromatic heterocycles. The standard InChI is InChI=1S/C53H75ClN2O7/c1-31(2)42-37(57)28-52(29-41(58)56-53(21-11-10-12-22-53)30-55-44(59)32-13-15-33(54)16-14-32)26-25-50(8)34(43(42)52)17-18-39-49(7)23-20-40(48(5,6)38(49)19-24-51(39,50)9)63-46(62)36-27-35(45(60)61)47(36,3)4/h13-16,31,34-36,38-40H,10-12,17-30H2,1-9H3,(H,55,59)(H,56,58)(H,60,61)/t34-,35+,36-,38+,39-,40+,49+,50-,51-,52+/m1/s1. The number of halogens is 1. The molecule has 2 amide bonds. The number of ether oxygens (including phenoxy) is 1. The highest BCUT2D eigenvalue weighted by molar-refractivity contribution is 6.30. The van der Waals surface area contributed by atoms with Crippen molar-refractivity contribution in [2.45, 2.75) is 177 Å². The number of carbonyl (C=O) groups excluding carboxylic acids is 4. The fraction of sp³-hybridized carbons (Fsp3) is 0.755. The third-order valence-electron chi connectivity index (χ3n) is 20.0. The summed E-state index contributed by atoms with van der Waals surface area (Å²) in [5.41, 5.74) is 0.937. The molecule has 9 nitrogen and oxygen atoms in total. The van der Waals surface area contributed by atoms with Crippen LogP contribution < -0.4 is 10.6 Å². The first-order chi connectivity index (χ1) is 29.4. The molecule has 0 radical (unpaired) electrons. The summed E-state index contributed by atoms with van der Waals surface area (Å²) in [5.74, 6) is -0.833. The Morgan fingerprint density at radius 1 is 0.794 bits per heavy atom. The van der Waals surface area contributed by atoms with Crippen LogP contribution in [0.4, 0.5) is 0 Å². The summed E-state index contributed by atoms with van der Waals surface area (Å²) in [4.78, 5) is 67.8. The summed E-state index contributed by atoms with van der Waals surface area (Å²) in [6, 6.07) is 6.87. The van der Waals surface area contributed by atoms with E-state index in [9.17, 15) is 29.1 Å². The number of aliphatic carboxylic acids is 1. The van der Waals surface area contributed by atoms with Crippen molar-refractivity contribution in [2.24, 2.45) is 68.0 Å². The topological polar surface area (TPSA) is 139 Å². The van der Waals surface area contributed by atoms with Crippen LogP contribution in [0.15, 0.2) is 35.4 Å². The van der Waals surface area contributed by atoms with Gasteiger partial charge in [0.1, 0.15) is 6.10 Å². The van der Waals surface area contributed by atoms with Crippen molar-refractivity contribution in [3.8, 4) is 0 Å². The number of carboxylic acids is 1. The molecule has 6 saturated carbocycles. The highest BCUT2D eigenvalue weighted by atomic mass is 35.5. The maximum absolute atomic E-state index is 14.6. The second-order valence-electron chi connectivity index (χ2n) is 24.0. The predicted octanol–water partition coefficient (Wildman–Crippen LogP) is 10.9. The zero-order valence-corrected chi connectivity index (χ0v) is 40.4. The van der Waals surface area contributed by atoms with E-state index in [1.165, 1.54) is 5.57 Å². The van der Waals surface area contributed by atoms with Crippen LogP contribution in [0.3, 0.4) is 0 Å². The van der Waals surface area contributed by atoms with Gasteiger partial charge in [0, 0.05) is 40.8 Å². The molecule has 0 saturated heterocycles. The van der Waals surface area contributed by atoms with Crippen LogP contribution in [-0.2, 0) is 23.9 Å². The molecule has 1 aromatic rings. The van der Waals surface area contributed by atoms with Crippen molar-refractivity contribution in [3.05, 3.63) is 46.0 Å². The minimum atomic E-state index is -0.838. The van der Waals surface area contributed by atoms with Gasteiger partial charge < -0.3 is 20.5 Å². The average molecular weight is 888 g/mol. The molecule has 1 aromatic carbocycles. The number of fused-ring (bicyclic) bond motifs is 7. The van der Waals surface area contributed by atoms with E-state index in [1.54, 1.807) is 24.3 Å². The number of rotatable bonds is 10. The summed E-state index contributed by atoms with van der Waals surface area (Å²) < 4.78 is 6.44. The fourth-order valence-corrected chi connectivity index (χ4v) is 16.4. The van der Waals surface area contributed by atoms with Gasteiger partial charge in [-0.25, -0.2) is 0 Å². The maximum Gasteiger partial charge on any atom is 0.309 e. The van der Waals surface area contributed by atoms with Crippen molar-refractivity contribution in [1.29, 1.82) is 0 Å². The van der Waals surface area contributed by atoms with Crippen molar-refractivity contribution >= 4 is 41.1 Å². The van der Waals surface area contributed by atoms with Gasteiger partial charge in [0.2, 0.25) is 5.91 Å². The first-order valence-corrected chi connectivity index (χ1v) is 24.9. The minimum absolute atomic E-state index is 0.00765. The van der Waals surface area contributed by atoms with Crippen LogP contribution in [0, 0.1) is 68.0 Å². The molecule has 10 atom stereocenters. The van der Waals surface area contributed by atoms with E-state index >= 15 is 0 Å². The van der Waals surface area contributed by atoms with E-state index in [1.807, 2.05) is 13.8 Å². The molecule has 63 heavy (non-hydrogen) atoms. The van der Waals surface area contributed by atoms with Gasteiger partial charge in [-0.15, -0.1) is 0 Å². The number of amides is 2. The zero-order valence-electron chi connectivity index (χ0n) is 39.6. The number of nitrogens with one attached hydrogen (secondary N) is 2. The lowest BCUT2D eigenvalue weighted by molar-refractivity contribution is -0.236. The molecule has 8 rings (SSSR count). The zero-order chi connectivity index (χ0) is 45.7. The molecule has 346 valence electrons. The number of ketones is 1. The lowest BCUT2D eigenvalue weighted by atomic mass is 9.33. The summed E-state index contributed by atoms with van der Waals surface area (Å²) in [6.45, 7) is 20.7. The molecule has 0 spiro atoms. The Balaban J connectivity index is 1.01. The van der Waals surface area contributed by atoms with Crippen LogP contribution in [0.5, 0.6) is 0 Å². The van der Waals surface area contributed by atoms with Crippen LogP contribution in [0.25, 0.3) is 0 Å². The van der Waals surface area contributed by atoms with Gasteiger partial charge in [-0.05, 0) is 146 Å². The van der Waals surface area contributed by atoms with Gasteiger partial charge >= 0.3 is 11.9 Å². The molecule has 3 N–H and O–H groups in total. The van der Waals surface area contributed by atoms with Crippen molar-refractivity contribution in [3.63, 3.8) is 0 Å². The first-order valence-electron chi connectivity index (χ1n) is 24.5. The molecule has 0 heterocycles. The summed E-state index contributed by atoms with van der Waals surface area (Å²) in [7, 11) is 0. The highest BCUT2D eigenvalue weighted by Crippen LogP contribution is 2.77. The fourth-order valence-electron chi connectivity index (χ4n) is 16.3. The van der Waals surface area contributed by atoms with E-state index in [0.29, 0.717) is 48.2 Å². The molecule has 0 aliphatic heterocycles. The molecular weight excluding hydrogens is 812 g/mol.